The molecule has 1 N–H and O–H groups in total. The van der Waals surface area contributed by atoms with Crippen molar-refractivity contribution in [3.63, 3.8) is 0 Å². The molecule has 88 valence electrons. The van der Waals surface area contributed by atoms with E-state index in [1.807, 2.05) is 19.2 Å². The van der Waals surface area contributed by atoms with E-state index in [2.05, 4.69) is 12.2 Å². The predicted octanol–water partition coefficient (Wildman–Crippen LogP) is 3.15. The molecule has 0 radical (unpaired) electrons. The summed E-state index contributed by atoms with van der Waals surface area (Å²) in [5.41, 5.74) is 1.12. The average Bonchev–Trinajstić information content (AvgIpc) is 2.64. The lowest BCUT2D eigenvalue weighted by Crippen LogP contribution is -2.24. The molecule has 0 bridgehead atoms. The van der Waals surface area contributed by atoms with Crippen molar-refractivity contribution >= 4 is 0 Å². The van der Waals surface area contributed by atoms with E-state index in [1.54, 1.807) is 12.1 Å². The second-order valence-electron chi connectivity index (χ2n) is 5.31. The topological polar surface area (TPSA) is 12.0 Å². The summed E-state index contributed by atoms with van der Waals surface area (Å²) in [6.07, 6.45) is 4.41. The van der Waals surface area contributed by atoms with E-state index in [0.717, 1.165) is 18.4 Å². The largest absolute Gasteiger partial charge is 0.317 e. The van der Waals surface area contributed by atoms with Crippen molar-refractivity contribution in [1.29, 1.82) is 0 Å². The minimum atomic E-state index is -0.0587. The van der Waals surface area contributed by atoms with Crippen LogP contribution in [-0.2, 0) is 6.42 Å². The Bertz CT molecular complexity index is 364. The molecule has 0 spiro atoms. The molecule has 0 heterocycles. The number of hydrogen-bond acceptors (Lipinski definition) is 1. The maximum absolute atomic E-state index is 13.6. The van der Waals surface area contributed by atoms with Crippen LogP contribution in [0.25, 0.3) is 0 Å². The van der Waals surface area contributed by atoms with Gasteiger partial charge in [0.25, 0.3) is 0 Å². The van der Waals surface area contributed by atoms with Gasteiger partial charge in [-0.2, -0.15) is 0 Å². The highest BCUT2D eigenvalue weighted by Crippen LogP contribution is 2.40. The molecule has 1 fully saturated rings. The first-order chi connectivity index (χ1) is 7.63. The van der Waals surface area contributed by atoms with Crippen LogP contribution >= 0.6 is 0 Å². The number of nitrogens with one attached hydrogen (secondary N) is 1. The zero-order valence-electron chi connectivity index (χ0n) is 10.1. The molecule has 1 aliphatic carbocycles. The third-order valence-corrected chi connectivity index (χ3v) is 3.82. The summed E-state index contributed by atoms with van der Waals surface area (Å²) in [6.45, 7) is 2.27. The summed E-state index contributed by atoms with van der Waals surface area (Å²) < 4.78 is 13.6. The summed E-state index contributed by atoms with van der Waals surface area (Å²) in [6, 6.07) is 7.76. The molecule has 0 aromatic heterocycles. The van der Waals surface area contributed by atoms with E-state index in [9.17, 15) is 4.39 Å². The first kappa shape index (κ1) is 11.6. The Hall–Kier alpha value is -0.890. The van der Waals surface area contributed by atoms with Gasteiger partial charge in [-0.1, -0.05) is 25.1 Å². The molecule has 1 saturated carbocycles. The lowest BCUT2D eigenvalue weighted by molar-refractivity contribution is 0.320. The fourth-order valence-electron chi connectivity index (χ4n) is 2.83. The molecule has 1 aromatic carbocycles. The Labute approximate surface area is 97.1 Å². The summed E-state index contributed by atoms with van der Waals surface area (Å²) in [4.78, 5) is 0. The summed E-state index contributed by atoms with van der Waals surface area (Å²) >= 11 is 0. The highest BCUT2D eigenvalue weighted by molar-refractivity contribution is 5.19. The Morgan fingerprint density at radius 2 is 2.19 bits per heavy atom. The highest BCUT2D eigenvalue weighted by Gasteiger charge is 2.34. The molecule has 1 nitrogen and oxygen atoms in total. The number of hydrogen-bond donors (Lipinski definition) is 1. The maximum Gasteiger partial charge on any atom is 0.126 e. The molecule has 0 amide bonds. The van der Waals surface area contributed by atoms with Gasteiger partial charge >= 0.3 is 0 Å². The van der Waals surface area contributed by atoms with Crippen LogP contribution in [0, 0.1) is 11.2 Å². The van der Waals surface area contributed by atoms with Crippen molar-refractivity contribution < 1.29 is 4.39 Å². The van der Waals surface area contributed by atoms with E-state index in [-0.39, 0.29) is 11.2 Å². The molecule has 2 heteroatoms. The zero-order valence-corrected chi connectivity index (χ0v) is 10.1. The van der Waals surface area contributed by atoms with Gasteiger partial charge in [-0.3, -0.25) is 0 Å². The second kappa shape index (κ2) is 4.54. The molecule has 16 heavy (non-hydrogen) atoms. The predicted molar refractivity (Wildman–Crippen MR) is 64.9 cm³/mol. The minimum Gasteiger partial charge on any atom is -0.317 e. The molecule has 0 saturated heterocycles. The minimum absolute atomic E-state index is 0.0587. The van der Waals surface area contributed by atoms with E-state index in [1.165, 1.54) is 12.8 Å². The van der Waals surface area contributed by atoms with Crippen molar-refractivity contribution in [1.82, 2.24) is 5.32 Å². The lowest BCUT2D eigenvalue weighted by atomic mass is 9.82. The van der Waals surface area contributed by atoms with Crippen molar-refractivity contribution in [2.24, 2.45) is 5.41 Å². The smallest absolute Gasteiger partial charge is 0.126 e. The standard InChI is InChI=1S/C14H20FN/c1-14(8-7-12(10-14)16-2)9-11-5-3-4-6-13(11)15/h3-6,12,16H,7-10H2,1-2H3. The molecule has 2 rings (SSSR count). The van der Waals surface area contributed by atoms with Crippen molar-refractivity contribution in [2.45, 2.75) is 38.6 Å². The van der Waals surface area contributed by atoms with Gasteiger partial charge in [-0.15, -0.1) is 0 Å². The van der Waals surface area contributed by atoms with Crippen LogP contribution < -0.4 is 5.32 Å². The fourth-order valence-corrected chi connectivity index (χ4v) is 2.83. The molecule has 2 atom stereocenters. The normalized spacial score (nSPS) is 29.6. The number of halogens is 1. The first-order valence-electron chi connectivity index (χ1n) is 6.04. The summed E-state index contributed by atoms with van der Waals surface area (Å²) in [5, 5.41) is 3.33. The Morgan fingerprint density at radius 3 is 2.81 bits per heavy atom. The van der Waals surface area contributed by atoms with Gasteiger partial charge < -0.3 is 5.32 Å². The lowest BCUT2D eigenvalue weighted by Gasteiger charge is -2.24. The van der Waals surface area contributed by atoms with Gasteiger partial charge in [0, 0.05) is 6.04 Å². The average molecular weight is 221 g/mol. The molecule has 2 unspecified atom stereocenters. The summed E-state index contributed by atoms with van der Waals surface area (Å²) in [7, 11) is 2.01. The van der Waals surface area contributed by atoms with Crippen molar-refractivity contribution in [3.05, 3.63) is 35.6 Å². The molecule has 1 aromatic rings. The van der Waals surface area contributed by atoms with Crippen LogP contribution in [-0.4, -0.2) is 13.1 Å². The van der Waals surface area contributed by atoms with Gasteiger partial charge in [0.2, 0.25) is 0 Å². The Kier molecular flexibility index (Phi) is 3.29. The van der Waals surface area contributed by atoms with E-state index in [0.29, 0.717) is 6.04 Å². The zero-order chi connectivity index (χ0) is 11.6. The van der Waals surface area contributed by atoms with Crippen LogP contribution in [0.15, 0.2) is 24.3 Å². The van der Waals surface area contributed by atoms with Gasteiger partial charge in [0.05, 0.1) is 0 Å². The molecular formula is C14H20FN. The van der Waals surface area contributed by atoms with Crippen LogP contribution in [0.3, 0.4) is 0 Å². The first-order valence-corrected chi connectivity index (χ1v) is 6.04. The van der Waals surface area contributed by atoms with Crippen LogP contribution in [0.4, 0.5) is 4.39 Å². The summed E-state index contributed by atoms with van der Waals surface area (Å²) in [5.74, 6) is -0.0587. The van der Waals surface area contributed by atoms with Gasteiger partial charge in [-0.05, 0) is 49.8 Å². The SMILES string of the molecule is CNC1CCC(C)(Cc2ccccc2F)C1. The van der Waals surface area contributed by atoms with E-state index in [4.69, 9.17) is 0 Å². The van der Waals surface area contributed by atoms with E-state index >= 15 is 0 Å². The Morgan fingerprint density at radius 1 is 1.44 bits per heavy atom. The van der Waals surface area contributed by atoms with Crippen molar-refractivity contribution in [3.8, 4) is 0 Å². The van der Waals surface area contributed by atoms with Gasteiger partial charge in [-0.25, -0.2) is 4.39 Å². The quantitative estimate of drug-likeness (QED) is 0.826. The van der Waals surface area contributed by atoms with Crippen LogP contribution in [0.5, 0.6) is 0 Å². The molecule has 0 aliphatic heterocycles. The van der Waals surface area contributed by atoms with Gasteiger partial charge in [0.1, 0.15) is 5.82 Å². The Balaban J connectivity index is 2.08. The van der Waals surface area contributed by atoms with Crippen molar-refractivity contribution in [2.75, 3.05) is 7.05 Å². The third kappa shape index (κ3) is 2.43. The fraction of sp³-hybridized carbons (Fsp3) is 0.571. The highest BCUT2D eigenvalue weighted by atomic mass is 19.1. The van der Waals surface area contributed by atoms with Gasteiger partial charge in [0.15, 0.2) is 0 Å². The molecular weight excluding hydrogens is 201 g/mol. The van der Waals surface area contributed by atoms with Crippen LogP contribution in [0.1, 0.15) is 31.7 Å². The second-order valence-corrected chi connectivity index (χ2v) is 5.31. The van der Waals surface area contributed by atoms with E-state index < -0.39 is 0 Å². The number of rotatable bonds is 3. The molecule has 1 aliphatic rings. The van der Waals surface area contributed by atoms with Crippen LogP contribution in [0.2, 0.25) is 0 Å². The maximum atomic E-state index is 13.6. The third-order valence-electron chi connectivity index (χ3n) is 3.82. The monoisotopic (exact) mass is 221 g/mol. The number of benzene rings is 1.